The minimum atomic E-state index is -0.119. The van der Waals surface area contributed by atoms with Gasteiger partial charge in [-0.25, -0.2) is 4.98 Å². The first-order chi connectivity index (χ1) is 14.6. The van der Waals surface area contributed by atoms with E-state index in [2.05, 4.69) is 4.98 Å². The molecule has 30 heavy (non-hydrogen) atoms. The smallest absolute Gasteiger partial charge is 0.261 e. The average molecular weight is 407 g/mol. The van der Waals surface area contributed by atoms with Crippen molar-refractivity contribution in [1.82, 2.24) is 14.5 Å². The molecule has 1 aliphatic heterocycles. The summed E-state index contributed by atoms with van der Waals surface area (Å²) < 4.78 is 12.7. The van der Waals surface area contributed by atoms with Crippen LogP contribution in [0.25, 0.3) is 10.9 Å². The monoisotopic (exact) mass is 407 g/mol. The number of para-hydroxylation sites is 1. The Kier molecular flexibility index (Phi) is 5.70. The predicted molar refractivity (Wildman–Crippen MR) is 114 cm³/mol. The maximum atomic E-state index is 12.8. The number of nitrogens with zero attached hydrogens (tertiary/aromatic N) is 3. The largest absolute Gasteiger partial charge is 0.486 e. The third kappa shape index (κ3) is 4.01. The fourth-order valence-electron chi connectivity index (χ4n) is 3.65. The van der Waals surface area contributed by atoms with E-state index in [1.807, 2.05) is 44.2 Å². The van der Waals surface area contributed by atoms with Crippen LogP contribution in [0, 0.1) is 6.92 Å². The maximum Gasteiger partial charge on any atom is 0.261 e. The first-order valence-electron chi connectivity index (χ1n) is 10.2. The molecule has 2 heterocycles. The molecule has 4 rings (SSSR count). The van der Waals surface area contributed by atoms with E-state index in [0.717, 1.165) is 16.9 Å². The summed E-state index contributed by atoms with van der Waals surface area (Å²) in [5, 5.41) is 0.577. The highest BCUT2D eigenvalue weighted by molar-refractivity contribution is 5.80. The highest BCUT2D eigenvalue weighted by atomic mass is 16.6. The number of carbonyl (C=O) groups is 1. The summed E-state index contributed by atoms with van der Waals surface area (Å²) in [6, 6.07) is 11.3. The molecule has 2 aromatic carbocycles. The normalized spacial score (nSPS) is 12.7. The SMILES string of the molecule is CCN(Cc1ccc2c(c1)OCCO2)C(=O)CCn1cnc2c(C)cccc2c1=O. The fourth-order valence-corrected chi connectivity index (χ4v) is 3.65. The lowest BCUT2D eigenvalue weighted by Gasteiger charge is -2.23. The average Bonchev–Trinajstić information content (AvgIpc) is 2.77. The molecule has 0 saturated carbocycles. The van der Waals surface area contributed by atoms with E-state index in [0.29, 0.717) is 49.5 Å². The van der Waals surface area contributed by atoms with Crippen molar-refractivity contribution in [3.05, 3.63) is 64.2 Å². The zero-order valence-electron chi connectivity index (χ0n) is 17.3. The Morgan fingerprint density at radius 1 is 1.17 bits per heavy atom. The summed E-state index contributed by atoms with van der Waals surface area (Å²) in [6.07, 6.45) is 1.76. The lowest BCUT2D eigenvalue weighted by molar-refractivity contribution is -0.131. The first-order valence-corrected chi connectivity index (χ1v) is 10.2. The number of hydrogen-bond acceptors (Lipinski definition) is 5. The molecular formula is C23H25N3O4. The van der Waals surface area contributed by atoms with E-state index in [9.17, 15) is 9.59 Å². The summed E-state index contributed by atoms with van der Waals surface area (Å²) in [4.78, 5) is 31.7. The zero-order chi connectivity index (χ0) is 21.1. The van der Waals surface area contributed by atoms with Crippen LogP contribution in [-0.4, -0.2) is 40.1 Å². The van der Waals surface area contributed by atoms with E-state index >= 15 is 0 Å². The zero-order valence-corrected chi connectivity index (χ0v) is 17.3. The number of fused-ring (bicyclic) bond motifs is 2. The molecule has 0 unspecified atom stereocenters. The van der Waals surface area contributed by atoms with Crippen LogP contribution in [0.2, 0.25) is 0 Å². The van der Waals surface area contributed by atoms with Gasteiger partial charge in [-0.2, -0.15) is 0 Å². The summed E-state index contributed by atoms with van der Waals surface area (Å²) in [5.74, 6) is 1.44. The molecule has 0 atom stereocenters. The van der Waals surface area contributed by atoms with Gasteiger partial charge in [-0.1, -0.05) is 18.2 Å². The van der Waals surface area contributed by atoms with Gasteiger partial charge in [0, 0.05) is 26.1 Å². The van der Waals surface area contributed by atoms with Crippen LogP contribution >= 0.6 is 0 Å². The highest BCUT2D eigenvalue weighted by Gasteiger charge is 2.16. The first kappa shape index (κ1) is 19.9. The Hall–Kier alpha value is -3.35. The lowest BCUT2D eigenvalue weighted by Crippen LogP contribution is -2.32. The molecule has 7 heteroatoms. The second-order valence-electron chi connectivity index (χ2n) is 7.35. The van der Waals surface area contributed by atoms with E-state index in [-0.39, 0.29) is 17.9 Å². The third-order valence-electron chi connectivity index (χ3n) is 5.34. The molecular weight excluding hydrogens is 382 g/mol. The quantitative estimate of drug-likeness (QED) is 0.628. The van der Waals surface area contributed by atoms with E-state index < -0.39 is 0 Å². The molecule has 1 aliphatic rings. The molecule has 0 radical (unpaired) electrons. The molecule has 0 spiro atoms. The van der Waals surface area contributed by atoms with Gasteiger partial charge in [0.25, 0.3) is 5.56 Å². The standard InChI is InChI=1S/C23H25N3O4/c1-3-25(14-17-7-8-19-20(13-17)30-12-11-29-19)21(27)9-10-26-15-24-22-16(2)5-4-6-18(22)23(26)28/h4-8,13,15H,3,9-12,14H2,1-2H3. The van der Waals surface area contributed by atoms with Gasteiger partial charge in [0.15, 0.2) is 11.5 Å². The Morgan fingerprint density at radius 2 is 1.97 bits per heavy atom. The van der Waals surface area contributed by atoms with Gasteiger partial charge >= 0.3 is 0 Å². The second kappa shape index (κ2) is 8.57. The van der Waals surface area contributed by atoms with E-state index in [1.54, 1.807) is 11.0 Å². The predicted octanol–water partition coefficient (Wildman–Crippen LogP) is 2.91. The number of amides is 1. The summed E-state index contributed by atoms with van der Waals surface area (Å²) in [7, 11) is 0. The summed E-state index contributed by atoms with van der Waals surface area (Å²) in [6.45, 7) is 6.32. The Balaban J connectivity index is 1.44. The van der Waals surface area contributed by atoms with Crippen LogP contribution in [0.1, 0.15) is 24.5 Å². The lowest BCUT2D eigenvalue weighted by atomic mass is 10.1. The number of benzene rings is 2. The number of ether oxygens (including phenoxy) is 2. The molecule has 1 amide bonds. The van der Waals surface area contributed by atoms with Gasteiger partial charge in [-0.3, -0.25) is 14.2 Å². The molecule has 0 N–H and O–H groups in total. The molecule has 0 bridgehead atoms. The number of rotatable bonds is 6. The van der Waals surface area contributed by atoms with Crippen LogP contribution < -0.4 is 15.0 Å². The topological polar surface area (TPSA) is 73.7 Å². The molecule has 3 aromatic rings. The fraction of sp³-hybridized carbons (Fsp3) is 0.348. The summed E-state index contributed by atoms with van der Waals surface area (Å²) in [5.41, 5.74) is 2.53. The van der Waals surface area contributed by atoms with Crippen LogP contribution in [0.3, 0.4) is 0 Å². The molecule has 7 nitrogen and oxygen atoms in total. The molecule has 0 fully saturated rings. The molecule has 1 aromatic heterocycles. The molecule has 0 aliphatic carbocycles. The number of aromatic nitrogens is 2. The van der Waals surface area contributed by atoms with Gasteiger partial charge in [0.1, 0.15) is 13.2 Å². The van der Waals surface area contributed by atoms with Gasteiger partial charge in [-0.05, 0) is 43.2 Å². The van der Waals surface area contributed by atoms with E-state index in [1.165, 1.54) is 10.9 Å². The van der Waals surface area contributed by atoms with Crippen LogP contribution in [0.4, 0.5) is 0 Å². The summed E-state index contributed by atoms with van der Waals surface area (Å²) >= 11 is 0. The van der Waals surface area contributed by atoms with Crippen molar-refractivity contribution in [2.75, 3.05) is 19.8 Å². The number of aryl methyl sites for hydroxylation is 2. The maximum absolute atomic E-state index is 12.8. The third-order valence-corrected chi connectivity index (χ3v) is 5.34. The number of hydrogen-bond donors (Lipinski definition) is 0. The highest BCUT2D eigenvalue weighted by Crippen LogP contribution is 2.31. The van der Waals surface area contributed by atoms with Crippen LogP contribution in [-0.2, 0) is 17.9 Å². The van der Waals surface area contributed by atoms with Crippen molar-refractivity contribution in [2.24, 2.45) is 0 Å². The van der Waals surface area contributed by atoms with Crippen molar-refractivity contribution < 1.29 is 14.3 Å². The molecule has 0 saturated heterocycles. The Bertz CT molecular complexity index is 1140. The van der Waals surface area contributed by atoms with Crippen molar-refractivity contribution in [3.8, 4) is 11.5 Å². The minimum Gasteiger partial charge on any atom is -0.486 e. The van der Waals surface area contributed by atoms with Crippen LogP contribution in [0.5, 0.6) is 11.5 Å². The minimum absolute atomic E-state index is 0.0105. The van der Waals surface area contributed by atoms with Gasteiger partial charge < -0.3 is 14.4 Å². The Labute approximate surface area is 174 Å². The van der Waals surface area contributed by atoms with Gasteiger partial charge in [0.2, 0.25) is 5.91 Å². The van der Waals surface area contributed by atoms with Gasteiger partial charge in [0.05, 0.1) is 17.2 Å². The van der Waals surface area contributed by atoms with Crippen molar-refractivity contribution in [2.45, 2.75) is 33.4 Å². The second-order valence-corrected chi connectivity index (χ2v) is 7.35. The van der Waals surface area contributed by atoms with Crippen LogP contribution in [0.15, 0.2) is 47.5 Å². The van der Waals surface area contributed by atoms with Gasteiger partial charge in [-0.15, -0.1) is 0 Å². The number of carbonyl (C=O) groups excluding carboxylic acids is 1. The van der Waals surface area contributed by atoms with E-state index in [4.69, 9.17) is 9.47 Å². The van der Waals surface area contributed by atoms with Crippen molar-refractivity contribution in [3.63, 3.8) is 0 Å². The Morgan fingerprint density at radius 3 is 2.77 bits per heavy atom. The van der Waals surface area contributed by atoms with Crippen molar-refractivity contribution >= 4 is 16.8 Å². The van der Waals surface area contributed by atoms with Crippen molar-refractivity contribution in [1.29, 1.82) is 0 Å². The molecule has 156 valence electrons.